The lowest BCUT2D eigenvalue weighted by atomic mass is 9.86. The first-order chi connectivity index (χ1) is 16.3. The van der Waals surface area contributed by atoms with E-state index in [0.717, 1.165) is 46.6 Å². The number of fused-ring (bicyclic) bond motifs is 2. The Morgan fingerprint density at radius 2 is 1.97 bits per heavy atom. The molecule has 2 aromatic heterocycles. The zero-order valence-electron chi connectivity index (χ0n) is 19.1. The fourth-order valence-electron chi connectivity index (χ4n) is 4.28. The topological polar surface area (TPSA) is 114 Å². The summed E-state index contributed by atoms with van der Waals surface area (Å²) in [5.74, 6) is 0.290. The van der Waals surface area contributed by atoms with Gasteiger partial charge in [0.25, 0.3) is 0 Å². The van der Waals surface area contributed by atoms with Gasteiger partial charge in [-0.1, -0.05) is 24.3 Å². The van der Waals surface area contributed by atoms with E-state index in [2.05, 4.69) is 15.6 Å². The van der Waals surface area contributed by atoms with Gasteiger partial charge >= 0.3 is 0 Å². The fraction of sp³-hybridized carbons (Fsp3) is 0.231. The number of amides is 2. The van der Waals surface area contributed by atoms with E-state index in [4.69, 9.17) is 10.7 Å². The molecular weight excluding hydrogens is 428 g/mol. The van der Waals surface area contributed by atoms with Crippen molar-refractivity contribution in [2.75, 3.05) is 17.2 Å². The van der Waals surface area contributed by atoms with Crippen molar-refractivity contribution >= 4 is 29.0 Å². The molecule has 0 spiro atoms. The highest BCUT2D eigenvalue weighted by molar-refractivity contribution is 6.06. The van der Waals surface area contributed by atoms with Gasteiger partial charge in [0.2, 0.25) is 11.8 Å². The van der Waals surface area contributed by atoms with Gasteiger partial charge in [0.05, 0.1) is 11.1 Å². The molecule has 2 amide bonds. The lowest BCUT2D eigenvalue weighted by Crippen LogP contribution is -2.26. The molecule has 8 heteroatoms. The van der Waals surface area contributed by atoms with Gasteiger partial charge in [0, 0.05) is 41.9 Å². The lowest BCUT2D eigenvalue weighted by Gasteiger charge is -2.15. The average Bonchev–Trinajstić information content (AvgIpc) is 3.38. The third-order valence-electron chi connectivity index (χ3n) is 6.35. The number of rotatable bonds is 7. The largest absolute Gasteiger partial charge is 0.367 e. The van der Waals surface area contributed by atoms with Crippen LogP contribution in [0.25, 0.3) is 16.9 Å². The molecule has 0 saturated carbocycles. The van der Waals surface area contributed by atoms with Crippen molar-refractivity contribution in [1.82, 2.24) is 14.4 Å². The summed E-state index contributed by atoms with van der Waals surface area (Å²) in [5.41, 5.74) is 10.7. The maximum atomic E-state index is 12.3. The summed E-state index contributed by atoms with van der Waals surface area (Å²) in [4.78, 5) is 32.8. The molecule has 5 rings (SSSR count). The van der Waals surface area contributed by atoms with E-state index in [1.807, 2.05) is 61.0 Å². The van der Waals surface area contributed by atoms with Crippen LogP contribution in [0.3, 0.4) is 0 Å². The Morgan fingerprint density at radius 1 is 1.18 bits per heavy atom. The summed E-state index contributed by atoms with van der Waals surface area (Å²) in [6, 6.07) is 13.4. The third kappa shape index (κ3) is 3.87. The SMILES string of the molecule is CC1(C)C(=O)Nc2cc(-c3cn4ccnc4c(NCCCc4ccc(C(N)=O)cc4)n3)ccc21. The van der Waals surface area contributed by atoms with Crippen molar-refractivity contribution in [2.45, 2.75) is 32.1 Å². The molecule has 0 fully saturated rings. The van der Waals surface area contributed by atoms with Gasteiger partial charge < -0.3 is 20.8 Å². The number of hydrogen-bond acceptors (Lipinski definition) is 5. The first kappa shape index (κ1) is 21.6. The monoisotopic (exact) mass is 454 g/mol. The molecule has 172 valence electrons. The second-order valence-corrected chi connectivity index (χ2v) is 9.06. The van der Waals surface area contributed by atoms with Gasteiger partial charge in [-0.15, -0.1) is 0 Å². The van der Waals surface area contributed by atoms with Gasteiger partial charge in [-0.25, -0.2) is 9.97 Å². The Morgan fingerprint density at radius 3 is 2.74 bits per heavy atom. The van der Waals surface area contributed by atoms with Crippen molar-refractivity contribution in [3.8, 4) is 11.3 Å². The Bertz CT molecular complexity index is 1400. The van der Waals surface area contributed by atoms with Crippen molar-refractivity contribution in [3.05, 3.63) is 77.7 Å². The second-order valence-electron chi connectivity index (χ2n) is 9.06. The molecule has 4 N–H and O–H groups in total. The predicted octanol–water partition coefficient (Wildman–Crippen LogP) is 3.77. The molecule has 8 nitrogen and oxygen atoms in total. The smallest absolute Gasteiger partial charge is 0.248 e. The van der Waals surface area contributed by atoms with Gasteiger partial charge in [-0.3, -0.25) is 9.59 Å². The minimum Gasteiger partial charge on any atom is -0.367 e. The number of carbonyl (C=O) groups is 2. The molecule has 34 heavy (non-hydrogen) atoms. The van der Waals surface area contributed by atoms with Crippen LogP contribution >= 0.6 is 0 Å². The number of nitrogens with zero attached hydrogens (tertiary/aromatic N) is 3. The van der Waals surface area contributed by atoms with Crippen LogP contribution in [-0.2, 0) is 16.6 Å². The minimum absolute atomic E-state index is 0.00398. The normalized spacial score (nSPS) is 14.1. The summed E-state index contributed by atoms with van der Waals surface area (Å²) < 4.78 is 1.95. The molecule has 3 heterocycles. The molecule has 0 atom stereocenters. The van der Waals surface area contributed by atoms with E-state index >= 15 is 0 Å². The number of carbonyl (C=O) groups excluding carboxylic acids is 2. The maximum Gasteiger partial charge on any atom is 0.248 e. The number of aryl methyl sites for hydroxylation is 1. The molecule has 1 aliphatic rings. The van der Waals surface area contributed by atoms with Crippen molar-refractivity contribution in [2.24, 2.45) is 5.73 Å². The van der Waals surface area contributed by atoms with Crippen LogP contribution in [-0.4, -0.2) is 32.7 Å². The van der Waals surface area contributed by atoms with Gasteiger partial charge in [0.1, 0.15) is 0 Å². The molecule has 0 radical (unpaired) electrons. The maximum absolute atomic E-state index is 12.3. The lowest BCUT2D eigenvalue weighted by molar-refractivity contribution is -0.119. The molecule has 0 aliphatic carbocycles. The van der Waals surface area contributed by atoms with Crippen LogP contribution in [0.4, 0.5) is 11.5 Å². The number of anilines is 2. The Hall–Kier alpha value is -4.20. The van der Waals surface area contributed by atoms with Crippen LogP contribution in [0.5, 0.6) is 0 Å². The van der Waals surface area contributed by atoms with Crippen LogP contribution in [0.15, 0.2) is 61.1 Å². The summed E-state index contributed by atoms with van der Waals surface area (Å²) in [5, 5.41) is 6.40. The number of hydrogen-bond donors (Lipinski definition) is 3. The summed E-state index contributed by atoms with van der Waals surface area (Å²) >= 11 is 0. The van der Waals surface area contributed by atoms with E-state index in [0.29, 0.717) is 17.9 Å². The molecule has 0 bridgehead atoms. The van der Waals surface area contributed by atoms with Crippen molar-refractivity contribution in [3.63, 3.8) is 0 Å². The number of nitrogens with two attached hydrogens (primary N) is 1. The molecule has 4 aromatic rings. The first-order valence-electron chi connectivity index (χ1n) is 11.3. The Kier molecular flexibility index (Phi) is 5.28. The standard InChI is InChI=1S/C26H26N6O2/c1-26(2)19-10-9-18(14-20(19)31-25(26)34)21-15-32-13-12-29-24(32)23(30-21)28-11-3-4-16-5-7-17(8-6-16)22(27)33/h5-10,12-15H,3-4,11H2,1-2H3,(H2,27,33)(H,28,30)(H,31,34). The van der Waals surface area contributed by atoms with Gasteiger partial charge in [-0.05, 0) is 56.0 Å². The fourth-order valence-corrected chi connectivity index (χ4v) is 4.28. The number of aromatic nitrogens is 3. The molecule has 1 aliphatic heterocycles. The van der Waals surface area contributed by atoms with Crippen LogP contribution in [0.2, 0.25) is 0 Å². The first-order valence-corrected chi connectivity index (χ1v) is 11.3. The highest BCUT2D eigenvalue weighted by Crippen LogP contribution is 2.39. The van der Waals surface area contributed by atoms with Crippen LogP contribution in [0, 0.1) is 0 Å². The summed E-state index contributed by atoms with van der Waals surface area (Å²) in [7, 11) is 0. The Labute approximate surface area is 197 Å². The van der Waals surface area contributed by atoms with Crippen molar-refractivity contribution in [1.29, 1.82) is 0 Å². The Balaban J connectivity index is 1.33. The molecule has 2 aromatic carbocycles. The average molecular weight is 455 g/mol. The highest BCUT2D eigenvalue weighted by Gasteiger charge is 2.38. The number of nitrogens with one attached hydrogen (secondary N) is 2. The van der Waals surface area contributed by atoms with Crippen molar-refractivity contribution < 1.29 is 9.59 Å². The summed E-state index contributed by atoms with van der Waals surface area (Å²) in [6.45, 7) is 4.57. The quantitative estimate of drug-likeness (QED) is 0.368. The molecule has 0 unspecified atom stereocenters. The third-order valence-corrected chi connectivity index (χ3v) is 6.35. The van der Waals surface area contributed by atoms with E-state index < -0.39 is 11.3 Å². The molecule has 0 saturated heterocycles. The molecular formula is C26H26N6O2. The highest BCUT2D eigenvalue weighted by atomic mass is 16.2. The second kappa shape index (κ2) is 8.30. The predicted molar refractivity (Wildman–Crippen MR) is 132 cm³/mol. The van der Waals surface area contributed by atoms with Crippen LogP contribution in [0.1, 0.15) is 41.8 Å². The summed E-state index contributed by atoms with van der Waals surface area (Å²) in [6.07, 6.45) is 7.32. The van der Waals surface area contributed by atoms with E-state index in [9.17, 15) is 9.59 Å². The van der Waals surface area contributed by atoms with E-state index in [1.54, 1.807) is 18.3 Å². The van der Waals surface area contributed by atoms with Gasteiger partial charge in [0.15, 0.2) is 11.5 Å². The number of primary amides is 1. The zero-order chi connectivity index (χ0) is 23.9. The van der Waals surface area contributed by atoms with E-state index in [1.165, 1.54) is 0 Å². The number of benzene rings is 2. The van der Waals surface area contributed by atoms with E-state index in [-0.39, 0.29) is 5.91 Å². The minimum atomic E-state index is -0.539. The van der Waals surface area contributed by atoms with Gasteiger partial charge in [-0.2, -0.15) is 0 Å². The number of imidazole rings is 1. The van der Waals surface area contributed by atoms with Crippen LogP contribution < -0.4 is 16.4 Å². The zero-order valence-corrected chi connectivity index (χ0v) is 19.1.